The summed E-state index contributed by atoms with van der Waals surface area (Å²) in [6, 6.07) is 7.70. The molecule has 0 aromatic carbocycles. The van der Waals surface area contributed by atoms with Gasteiger partial charge in [0.2, 0.25) is 5.91 Å². The zero-order valence-electron chi connectivity index (χ0n) is 13.5. The predicted molar refractivity (Wildman–Crippen MR) is 94.9 cm³/mol. The first-order valence-electron chi connectivity index (χ1n) is 7.55. The maximum atomic E-state index is 12.3. The Labute approximate surface area is 148 Å². The van der Waals surface area contributed by atoms with Crippen molar-refractivity contribution in [3.63, 3.8) is 0 Å². The highest BCUT2D eigenvalue weighted by atomic mass is 32.2. The van der Waals surface area contributed by atoms with Gasteiger partial charge in [-0.05, 0) is 30.5 Å². The smallest absolute Gasteiger partial charge is 0.233 e. The number of carbonyl (C=O) groups is 1. The van der Waals surface area contributed by atoms with Gasteiger partial charge in [0.25, 0.3) is 0 Å². The van der Waals surface area contributed by atoms with E-state index in [9.17, 15) is 4.79 Å². The SMILES string of the molecule is CCn1c(SCC(=O)N(C)Cc2cccs2)nnc1-c1ccco1. The molecule has 0 aliphatic carbocycles. The van der Waals surface area contributed by atoms with E-state index in [-0.39, 0.29) is 5.91 Å². The molecule has 0 unspecified atom stereocenters. The zero-order chi connectivity index (χ0) is 16.9. The van der Waals surface area contributed by atoms with Gasteiger partial charge in [-0.1, -0.05) is 17.8 Å². The van der Waals surface area contributed by atoms with Gasteiger partial charge in [0, 0.05) is 18.5 Å². The van der Waals surface area contributed by atoms with E-state index in [2.05, 4.69) is 10.2 Å². The van der Waals surface area contributed by atoms with Crippen LogP contribution >= 0.6 is 23.1 Å². The predicted octanol–water partition coefficient (Wildman–Crippen LogP) is 3.37. The summed E-state index contributed by atoms with van der Waals surface area (Å²) < 4.78 is 7.35. The van der Waals surface area contributed by atoms with Crippen molar-refractivity contribution in [1.29, 1.82) is 0 Å². The molecule has 8 heteroatoms. The molecule has 3 aromatic rings. The molecule has 0 aliphatic heterocycles. The molecule has 0 N–H and O–H groups in total. The normalized spacial score (nSPS) is 10.9. The second kappa shape index (κ2) is 7.67. The lowest BCUT2D eigenvalue weighted by molar-refractivity contribution is -0.127. The Morgan fingerprint density at radius 1 is 1.38 bits per heavy atom. The second-order valence-corrected chi connectivity index (χ2v) is 7.12. The average Bonchev–Trinajstić information content (AvgIpc) is 3.32. The fourth-order valence-corrected chi connectivity index (χ4v) is 3.93. The summed E-state index contributed by atoms with van der Waals surface area (Å²) >= 11 is 3.05. The van der Waals surface area contributed by atoms with Crippen LogP contribution in [0.4, 0.5) is 0 Å². The second-order valence-electron chi connectivity index (χ2n) is 5.15. The standard InChI is InChI=1S/C16H18N4O2S2/c1-3-20-15(13-7-4-8-22-13)17-18-16(20)24-11-14(21)19(2)10-12-6-5-9-23-12/h4-9H,3,10-11H2,1-2H3. The van der Waals surface area contributed by atoms with Gasteiger partial charge in [-0.2, -0.15) is 0 Å². The molecule has 24 heavy (non-hydrogen) atoms. The summed E-state index contributed by atoms with van der Waals surface area (Å²) in [4.78, 5) is 15.2. The van der Waals surface area contributed by atoms with E-state index < -0.39 is 0 Å². The third-order valence-electron chi connectivity index (χ3n) is 3.50. The van der Waals surface area contributed by atoms with Crippen molar-refractivity contribution in [3.8, 4) is 11.6 Å². The van der Waals surface area contributed by atoms with E-state index >= 15 is 0 Å². The molecular weight excluding hydrogens is 344 g/mol. The van der Waals surface area contributed by atoms with Gasteiger partial charge in [0.05, 0.1) is 18.6 Å². The summed E-state index contributed by atoms with van der Waals surface area (Å²) in [5, 5.41) is 11.1. The van der Waals surface area contributed by atoms with E-state index in [1.165, 1.54) is 16.6 Å². The maximum absolute atomic E-state index is 12.3. The Kier molecular flexibility index (Phi) is 5.37. The first-order valence-corrected chi connectivity index (χ1v) is 9.41. The zero-order valence-corrected chi connectivity index (χ0v) is 15.1. The van der Waals surface area contributed by atoms with Crippen molar-refractivity contribution in [2.24, 2.45) is 0 Å². The molecule has 3 aromatic heterocycles. The number of thioether (sulfide) groups is 1. The highest BCUT2D eigenvalue weighted by Gasteiger charge is 2.17. The maximum Gasteiger partial charge on any atom is 0.233 e. The van der Waals surface area contributed by atoms with Crippen LogP contribution in [0.1, 0.15) is 11.8 Å². The number of aromatic nitrogens is 3. The van der Waals surface area contributed by atoms with Gasteiger partial charge in [-0.15, -0.1) is 21.5 Å². The lowest BCUT2D eigenvalue weighted by Crippen LogP contribution is -2.27. The minimum atomic E-state index is 0.0681. The molecule has 0 bridgehead atoms. The van der Waals surface area contributed by atoms with Crippen molar-refractivity contribution >= 4 is 29.0 Å². The number of rotatable bonds is 7. The van der Waals surface area contributed by atoms with Gasteiger partial charge in [-0.3, -0.25) is 9.36 Å². The third kappa shape index (κ3) is 3.70. The van der Waals surface area contributed by atoms with Crippen molar-refractivity contribution in [2.75, 3.05) is 12.8 Å². The highest BCUT2D eigenvalue weighted by molar-refractivity contribution is 7.99. The number of hydrogen-bond acceptors (Lipinski definition) is 6. The molecule has 6 nitrogen and oxygen atoms in total. The molecule has 3 heterocycles. The quantitative estimate of drug-likeness (QED) is 0.603. The highest BCUT2D eigenvalue weighted by Crippen LogP contribution is 2.24. The number of amides is 1. The molecule has 0 radical (unpaired) electrons. The van der Waals surface area contributed by atoms with Gasteiger partial charge < -0.3 is 9.32 Å². The fraction of sp³-hybridized carbons (Fsp3) is 0.312. The number of nitrogens with zero attached hydrogens (tertiary/aromatic N) is 4. The molecular formula is C16H18N4O2S2. The first-order chi connectivity index (χ1) is 11.7. The Morgan fingerprint density at radius 3 is 2.92 bits per heavy atom. The van der Waals surface area contributed by atoms with E-state index in [0.717, 1.165) is 5.16 Å². The number of hydrogen-bond donors (Lipinski definition) is 0. The molecule has 126 valence electrons. The van der Waals surface area contributed by atoms with Crippen LogP contribution in [0.15, 0.2) is 45.5 Å². The van der Waals surface area contributed by atoms with Gasteiger partial charge >= 0.3 is 0 Å². The van der Waals surface area contributed by atoms with Crippen LogP contribution in [-0.4, -0.2) is 38.4 Å². The Hall–Kier alpha value is -2.06. The van der Waals surface area contributed by atoms with Crippen LogP contribution in [0.3, 0.4) is 0 Å². The summed E-state index contributed by atoms with van der Waals surface area (Å²) in [6.07, 6.45) is 1.61. The van der Waals surface area contributed by atoms with Crippen LogP contribution in [-0.2, 0) is 17.9 Å². The van der Waals surface area contributed by atoms with E-state index in [1.54, 1.807) is 22.5 Å². The minimum absolute atomic E-state index is 0.0681. The van der Waals surface area contributed by atoms with Crippen LogP contribution in [0.5, 0.6) is 0 Å². The lowest BCUT2D eigenvalue weighted by Gasteiger charge is -2.15. The van der Waals surface area contributed by atoms with Crippen molar-refractivity contribution in [3.05, 3.63) is 40.8 Å². The largest absolute Gasteiger partial charge is 0.461 e. The van der Waals surface area contributed by atoms with Crippen molar-refractivity contribution < 1.29 is 9.21 Å². The Balaban J connectivity index is 1.63. The van der Waals surface area contributed by atoms with Crippen molar-refractivity contribution in [2.45, 2.75) is 25.2 Å². The Bertz CT molecular complexity index is 781. The Morgan fingerprint density at radius 2 is 2.25 bits per heavy atom. The van der Waals surface area contributed by atoms with Crippen LogP contribution < -0.4 is 0 Å². The molecule has 1 amide bonds. The summed E-state index contributed by atoms with van der Waals surface area (Å²) in [7, 11) is 1.82. The van der Waals surface area contributed by atoms with Crippen LogP contribution in [0.2, 0.25) is 0 Å². The number of furan rings is 1. The van der Waals surface area contributed by atoms with Crippen molar-refractivity contribution in [1.82, 2.24) is 19.7 Å². The number of thiophene rings is 1. The molecule has 0 saturated carbocycles. The first kappa shape index (κ1) is 16.8. The molecule has 0 spiro atoms. The molecule has 0 fully saturated rings. The fourth-order valence-electron chi connectivity index (χ4n) is 2.23. The van der Waals surface area contributed by atoms with Gasteiger partial charge in [-0.25, -0.2) is 0 Å². The third-order valence-corrected chi connectivity index (χ3v) is 5.31. The molecule has 0 saturated heterocycles. The minimum Gasteiger partial charge on any atom is -0.461 e. The van der Waals surface area contributed by atoms with E-state index in [4.69, 9.17) is 4.42 Å². The molecule has 3 rings (SSSR count). The molecule has 0 aliphatic rings. The molecule has 0 atom stereocenters. The number of carbonyl (C=O) groups excluding carboxylic acids is 1. The van der Waals surface area contributed by atoms with Gasteiger partial charge in [0.1, 0.15) is 0 Å². The lowest BCUT2D eigenvalue weighted by atomic mass is 10.4. The summed E-state index contributed by atoms with van der Waals surface area (Å²) in [5.41, 5.74) is 0. The van der Waals surface area contributed by atoms with Gasteiger partial charge in [0.15, 0.2) is 16.7 Å². The van der Waals surface area contributed by atoms with E-state index in [0.29, 0.717) is 30.4 Å². The summed E-state index contributed by atoms with van der Waals surface area (Å²) in [6.45, 7) is 3.37. The summed E-state index contributed by atoms with van der Waals surface area (Å²) in [5.74, 6) is 1.76. The van der Waals surface area contributed by atoms with Crippen LogP contribution in [0.25, 0.3) is 11.6 Å². The average molecular weight is 362 g/mol. The topological polar surface area (TPSA) is 64.2 Å². The van der Waals surface area contributed by atoms with Crippen LogP contribution in [0, 0.1) is 0 Å². The monoisotopic (exact) mass is 362 g/mol. The van der Waals surface area contributed by atoms with E-state index in [1.807, 2.05) is 48.2 Å².